The normalized spacial score (nSPS) is 16.4. The van der Waals surface area contributed by atoms with Crippen molar-refractivity contribution in [2.75, 3.05) is 12.3 Å². The number of unbranched alkanes of at least 4 members (excludes halogenated alkanes) is 3. The molecule has 0 aliphatic carbocycles. The van der Waals surface area contributed by atoms with Crippen LogP contribution in [0.4, 0.5) is 0 Å². The van der Waals surface area contributed by atoms with Gasteiger partial charge in [-0.25, -0.2) is 0 Å². The van der Waals surface area contributed by atoms with E-state index in [-0.39, 0.29) is 0 Å². The van der Waals surface area contributed by atoms with Gasteiger partial charge in [0, 0.05) is 6.16 Å². The molecule has 0 aromatic rings. The van der Waals surface area contributed by atoms with Gasteiger partial charge >= 0.3 is 0 Å². The van der Waals surface area contributed by atoms with E-state index < -0.39 is 19.6 Å². The largest absolute Gasteiger partial charge is 0.391 e. The van der Waals surface area contributed by atoms with Gasteiger partial charge in [0.25, 0.3) is 0 Å². The Morgan fingerprint density at radius 1 is 1.21 bits per heavy atom. The summed E-state index contributed by atoms with van der Waals surface area (Å²) in [6.07, 6.45) is 11.1. The van der Waals surface area contributed by atoms with E-state index in [1.807, 2.05) is 0 Å². The summed E-state index contributed by atoms with van der Waals surface area (Å²) in [6.45, 7) is 3.79. The van der Waals surface area contributed by atoms with Gasteiger partial charge in [-0.3, -0.25) is 0 Å². The van der Waals surface area contributed by atoms with E-state index in [0.717, 1.165) is 12.6 Å². The molecule has 0 aromatic heterocycles. The lowest BCUT2D eigenvalue weighted by atomic mass is 10.2. The van der Waals surface area contributed by atoms with Crippen LogP contribution in [0.25, 0.3) is 0 Å². The van der Waals surface area contributed by atoms with Gasteiger partial charge in [0.05, 0.1) is 12.2 Å². The summed E-state index contributed by atoms with van der Waals surface area (Å²) in [6, 6.07) is 0. The average molecular weight is 218 g/mol. The van der Waals surface area contributed by atoms with Gasteiger partial charge in [0.2, 0.25) is 0 Å². The fourth-order valence-electron chi connectivity index (χ4n) is 1.23. The fraction of sp³-hybridized carbons (Fsp3) is 0.909. The Morgan fingerprint density at radius 3 is 2.36 bits per heavy atom. The topological polar surface area (TPSA) is 40.5 Å². The Labute approximate surface area is 88.4 Å². The minimum absolute atomic E-state index is 0.569. The van der Waals surface area contributed by atoms with Crippen molar-refractivity contribution in [3.63, 3.8) is 0 Å². The summed E-state index contributed by atoms with van der Waals surface area (Å²) in [5.74, 6) is 0. The second kappa shape index (κ2) is 8.32. The first-order chi connectivity index (χ1) is 6.57. The zero-order valence-electron chi connectivity index (χ0n) is 9.32. The molecule has 0 saturated heterocycles. The summed E-state index contributed by atoms with van der Waals surface area (Å²) < 4.78 is 0. The molecule has 3 unspecified atom stereocenters. The third-order valence-corrected chi connectivity index (χ3v) is 4.01. The lowest BCUT2D eigenvalue weighted by molar-refractivity contribution is 0.0464. The Hall–Kier alpha value is -0.0000000000000000139. The van der Waals surface area contributed by atoms with Crippen molar-refractivity contribution in [1.82, 2.24) is 0 Å². The van der Waals surface area contributed by atoms with E-state index in [9.17, 15) is 5.11 Å². The Balaban J connectivity index is 3.47. The van der Waals surface area contributed by atoms with Crippen LogP contribution in [0, 0.1) is 6.13 Å². The highest BCUT2D eigenvalue weighted by Gasteiger charge is 2.10. The summed E-state index contributed by atoms with van der Waals surface area (Å²) in [5.41, 5.74) is 0. The van der Waals surface area contributed by atoms with Crippen LogP contribution in [0.5, 0.6) is 0 Å². The Morgan fingerprint density at radius 2 is 1.86 bits per heavy atom. The van der Waals surface area contributed by atoms with Crippen LogP contribution in [0.2, 0.25) is 0 Å². The molecule has 0 rings (SSSR count). The Kier molecular flexibility index (Phi) is 8.32. The predicted molar refractivity (Wildman–Crippen MR) is 63.4 cm³/mol. The van der Waals surface area contributed by atoms with E-state index in [4.69, 9.17) is 11.2 Å². The number of aliphatic hydroxyl groups is 2. The van der Waals surface area contributed by atoms with E-state index in [1.165, 1.54) is 19.3 Å². The van der Waals surface area contributed by atoms with Gasteiger partial charge in [0.15, 0.2) is 0 Å². The summed E-state index contributed by atoms with van der Waals surface area (Å²) in [7, 11) is -0.579. The van der Waals surface area contributed by atoms with E-state index in [2.05, 4.69) is 6.92 Å². The summed E-state index contributed by atoms with van der Waals surface area (Å²) in [4.78, 5) is 0. The van der Waals surface area contributed by atoms with Gasteiger partial charge in [-0.05, 0) is 19.5 Å². The van der Waals surface area contributed by atoms with Crippen LogP contribution < -0.4 is 0 Å². The van der Waals surface area contributed by atoms with Crippen molar-refractivity contribution in [2.45, 2.75) is 51.7 Å². The molecular weight excluding hydrogens is 195 g/mol. The molecule has 0 aliphatic rings. The maximum absolute atomic E-state index is 9.39. The van der Waals surface area contributed by atoms with Gasteiger partial charge in [-0.1, -0.05) is 26.2 Å². The zero-order chi connectivity index (χ0) is 11.0. The zero-order valence-corrected chi connectivity index (χ0v) is 10.2. The van der Waals surface area contributed by atoms with Crippen LogP contribution in [0.1, 0.15) is 39.5 Å². The lowest BCUT2D eigenvalue weighted by Gasteiger charge is -2.13. The average Bonchev–Trinajstić information content (AvgIpc) is 2.12. The second-order valence-corrected chi connectivity index (χ2v) is 5.85. The SMILES string of the molecule is C#P(CCCCCC)CC(O)C(C)O. The summed E-state index contributed by atoms with van der Waals surface area (Å²) in [5, 5.41) is 18.5. The maximum Gasteiger partial charge on any atom is 0.0871 e. The second-order valence-electron chi connectivity index (χ2n) is 3.86. The molecule has 0 saturated carbocycles. The Bertz CT molecular complexity index is 193. The van der Waals surface area contributed by atoms with Crippen molar-refractivity contribution in [1.29, 1.82) is 0 Å². The highest BCUT2D eigenvalue weighted by Crippen LogP contribution is 2.22. The molecule has 0 aliphatic heterocycles. The van der Waals surface area contributed by atoms with Gasteiger partial charge in [-0.15, -0.1) is 13.5 Å². The minimum atomic E-state index is -0.654. The first-order valence-electron chi connectivity index (χ1n) is 5.43. The highest BCUT2D eigenvalue weighted by molar-refractivity contribution is 7.46. The minimum Gasteiger partial charge on any atom is -0.391 e. The van der Waals surface area contributed by atoms with Crippen LogP contribution in [0.3, 0.4) is 0 Å². The molecule has 0 heterocycles. The fourth-order valence-corrected chi connectivity index (χ4v) is 2.82. The quantitative estimate of drug-likeness (QED) is 0.531. The van der Waals surface area contributed by atoms with E-state index >= 15 is 0 Å². The van der Waals surface area contributed by atoms with Crippen molar-refractivity contribution in [2.24, 2.45) is 0 Å². The van der Waals surface area contributed by atoms with Crippen LogP contribution in [0.15, 0.2) is 0 Å². The molecule has 0 fully saturated rings. The molecule has 3 atom stereocenters. The summed E-state index contributed by atoms with van der Waals surface area (Å²) >= 11 is 0. The molecular formula is C11H23O2P. The van der Waals surface area contributed by atoms with Crippen LogP contribution in [-0.4, -0.2) is 34.7 Å². The number of rotatable bonds is 6. The third-order valence-electron chi connectivity index (χ3n) is 2.28. The number of hydrogen-bond acceptors (Lipinski definition) is 2. The van der Waals surface area contributed by atoms with Gasteiger partial charge < -0.3 is 10.2 Å². The van der Waals surface area contributed by atoms with Gasteiger partial charge in [-0.2, -0.15) is 0 Å². The number of aliphatic hydroxyl groups excluding tert-OH is 2. The monoisotopic (exact) mass is 218 g/mol. The molecule has 0 aromatic carbocycles. The third kappa shape index (κ3) is 7.41. The lowest BCUT2D eigenvalue weighted by Crippen LogP contribution is -2.24. The van der Waals surface area contributed by atoms with E-state index in [0.29, 0.717) is 6.16 Å². The van der Waals surface area contributed by atoms with Crippen molar-refractivity contribution < 1.29 is 10.2 Å². The maximum atomic E-state index is 9.39. The van der Waals surface area contributed by atoms with Crippen molar-refractivity contribution >= 4 is 7.38 Å². The molecule has 0 radical (unpaired) electrons. The molecule has 2 N–H and O–H groups in total. The smallest absolute Gasteiger partial charge is 0.0871 e. The molecule has 0 amide bonds. The standard InChI is InChI=1S/C11H23O2P/c1-4-5-6-7-8-14(3)9-11(13)10(2)12/h3,10-13H,4-9H2,1-2H3. The van der Waals surface area contributed by atoms with Crippen LogP contribution >= 0.6 is 7.38 Å². The molecule has 84 valence electrons. The van der Waals surface area contributed by atoms with Gasteiger partial charge in [0.1, 0.15) is 0 Å². The predicted octanol–water partition coefficient (Wildman–Crippen LogP) is 2.38. The van der Waals surface area contributed by atoms with Crippen molar-refractivity contribution in [3.05, 3.63) is 0 Å². The molecule has 3 heteroatoms. The molecule has 0 spiro atoms. The first kappa shape index (κ1) is 14.0. The highest BCUT2D eigenvalue weighted by atomic mass is 31.1. The first-order valence-corrected chi connectivity index (χ1v) is 7.21. The molecule has 2 nitrogen and oxygen atoms in total. The molecule has 0 bridgehead atoms. The van der Waals surface area contributed by atoms with Crippen LogP contribution in [-0.2, 0) is 0 Å². The van der Waals surface area contributed by atoms with E-state index in [1.54, 1.807) is 6.92 Å². The number of hydrogen-bond donors (Lipinski definition) is 2. The van der Waals surface area contributed by atoms with Crippen molar-refractivity contribution in [3.8, 4) is 6.13 Å². The molecule has 14 heavy (non-hydrogen) atoms.